The van der Waals surface area contributed by atoms with Crippen LogP contribution in [0.4, 0.5) is 0 Å². The fraction of sp³-hybridized carbons (Fsp3) is 0.538. The van der Waals surface area contributed by atoms with E-state index in [1.165, 1.54) is 6.92 Å². The summed E-state index contributed by atoms with van der Waals surface area (Å²) in [5.41, 5.74) is 0. The highest BCUT2D eigenvalue weighted by Gasteiger charge is 2.63. The third-order valence-electron chi connectivity index (χ3n) is 5.58. The predicted molar refractivity (Wildman–Crippen MR) is 142 cm³/mol. The maximum atomic E-state index is 13.2. The Bertz CT molecular complexity index is 1130. The van der Waals surface area contributed by atoms with E-state index in [4.69, 9.17) is 40.0 Å². The first-order valence-electron chi connectivity index (χ1n) is 12.3. The van der Waals surface area contributed by atoms with E-state index in [1.807, 2.05) is 0 Å². The number of ether oxygens (including phenoxy) is 6. The molecule has 1 amide bonds. The largest absolute Gasteiger partial charge is 0.466 e. The molecule has 13 nitrogen and oxygen atoms in total. The number of carbonyl (C=O) groups excluding carboxylic acids is 6. The normalized spacial score (nSPS) is 25.0. The Morgan fingerprint density at radius 2 is 1.56 bits per heavy atom. The lowest BCUT2D eigenvalue weighted by Gasteiger charge is -2.50. The number of amides is 1. The van der Waals surface area contributed by atoms with Gasteiger partial charge in [-0.05, 0) is 12.1 Å². The van der Waals surface area contributed by atoms with Crippen molar-refractivity contribution in [3.05, 3.63) is 30.3 Å². The molecule has 0 aromatic heterocycles. The molecule has 0 spiro atoms. The third kappa shape index (κ3) is 9.33. The van der Waals surface area contributed by atoms with E-state index >= 15 is 0 Å². The van der Waals surface area contributed by atoms with Crippen LogP contribution in [0.5, 0.6) is 0 Å². The zero-order valence-corrected chi connectivity index (χ0v) is 24.8. The molecule has 15 heteroatoms. The number of benzene rings is 1. The van der Waals surface area contributed by atoms with Gasteiger partial charge < -0.3 is 33.7 Å². The molecule has 0 bridgehead atoms. The molecule has 0 saturated carbocycles. The first-order chi connectivity index (χ1) is 19.2. The second-order valence-corrected chi connectivity index (χ2v) is 10.7. The number of hydrogen-bond donors (Lipinski definition) is 1. The molecule has 1 aliphatic heterocycles. The monoisotopic (exact) mass is 617 g/mol. The van der Waals surface area contributed by atoms with Gasteiger partial charge in [0, 0.05) is 39.5 Å². The molecule has 0 radical (unpaired) electrons. The lowest BCUT2D eigenvalue weighted by Crippen LogP contribution is -2.72. The molecule has 1 heterocycles. The molecule has 1 N–H and O–H groups in total. The maximum absolute atomic E-state index is 13.2. The highest BCUT2D eigenvalue weighted by atomic mass is 35.5. The van der Waals surface area contributed by atoms with E-state index in [-0.39, 0.29) is 0 Å². The van der Waals surface area contributed by atoms with E-state index in [9.17, 15) is 28.8 Å². The van der Waals surface area contributed by atoms with Crippen molar-refractivity contribution in [2.24, 2.45) is 0 Å². The minimum absolute atomic E-state index is 0.594. The average Bonchev–Trinajstić information content (AvgIpc) is 2.88. The van der Waals surface area contributed by atoms with Gasteiger partial charge in [0.05, 0.1) is 13.2 Å². The lowest BCUT2D eigenvalue weighted by molar-refractivity contribution is -0.223. The maximum Gasteiger partial charge on any atom is 0.355 e. The van der Waals surface area contributed by atoms with Crippen molar-refractivity contribution in [2.75, 3.05) is 13.7 Å². The molecule has 41 heavy (non-hydrogen) atoms. The van der Waals surface area contributed by atoms with Gasteiger partial charge in [0.25, 0.3) is 5.06 Å². The lowest BCUT2D eigenvalue weighted by atomic mass is 9.88. The second-order valence-electron chi connectivity index (χ2n) is 8.90. The Kier molecular flexibility index (Phi) is 12.4. The summed E-state index contributed by atoms with van der Waals surface area (Å²) in [7, 11) is 1.06. The molecule has 2 unspecified atom stereocenters. The summed E-state index contributed by atoms with van der Waals surface area (Å²) in [6, 6.07) is 7.29. The molecule has 1 aromatic carbocycles. The summed E-state index contributed by atoms with van der Waals surface area (Å²) in [5.74, 6) is -4.98. The molecular formula is C26H32ClNO12S. The standard InChI is InChI=1S/C26H32ClNO12S/c1-13(29)28-20-22(21(38-16(4)32)19(37-15(3)31)12-36-14(2)30)40-26(27,25(34)35-6)24(23(20)39-17(5)33)41-18-10-8-7-9-11-18/h7-11,19-24H,12H2,1-6H3,(H,28,29)/t19-,20+,21-,22?,23-,24?,26+/m1/s1. The Morgan fingerprint density at radius 1 is 0.951 bits per heavy atom. The van der Waals surface area contributed by atoms with Crippen LogP contribution < -0.4 is 5.32 Å². The number of nitrogens with one attached hydrogen (secondary N) is 1. The van der Waals surface area contributed by atoms with Crippen LogP contribution in [0.3, 0.4) is 0 Å². The van der Waals surface area contributed by atoms with Gasteiger partial charge in [-0.3, -0.25) is 24.0 Å². The van der Waals surface area contributed by atoms with Crippen LogP contribution in [0.2, 0.25) is 0 Å². The van der Waals surface area contributed by atoms with Gasteiger partial charge in [-0.25, -0.2) is 4.79 Å². The topological polar surface area (TPSA) is 170 Å². The summed E-state index contributed by atoms with van der Waals surface area (Å²) in [6.07, 6.45) is -6.16. The molecular weight excluding hydrogens is 586 g/mol. The Balaban J connectivity index is 2.79. The van der Waals surface area contributed by atoms with Gasteiger partial charge in [0.2, 0.25) is 5.91 Å². The fourth-order valence-corrected chi connectivity index (χ4v) is 5.88. The first-order valence-corrected chi connectivity index (χ1v) is 13.5. The minimum atomic E-state index is -2.41. The molecule has 1 aromatic rings. The number of carbonyl (C=O) groups is 6. The second kappa shape index (κ2) is 15.0. The Morgan fingerprint density at radius 3 is 2.05 bits per heavy atom. The van der Waals surface area contributed by atoms with Crippen LogP contribution in [0.15, 0.2) is 35.2 Å². The SMILES string of the molecule is COC(=O)[C@@]1(Cl)OC([C@H](OC(C)=O)[C@@H](COC(C)=O)OC(C)=O)[C@H](NC(C)=O)[C@@H](OC(C)=O)C1Sc1ccccc1. The van der Waals surface area contributed by atoms with E-state index < -0.39 is 83.1 Å². The van der Waals surface area contributed by atoms with Crippen LogP contribution in [-0.4, -0.2) is 90.2 Å². The van der Waals surface area contributed by atoms with Crippen LogP contribution in [0.1, 0.15) is 34.6 Å². The van der Waals surface area contributed by atoms with E-state index in [1.54, 1.807) is 30.3 Å². The summed E-state index contributed by atoms with van der Waals surface area (Å²) < 4.78 is 32.5. The van der Waals surface area contributed by atoms with Crippen molar-refractivity contribution in [1.29, 1.82) is 0 Å². The number of thioether (sulfide) groups is 1. The zero-order valence-electron chi connectivity index (χ0n) is 23.2. The van der Waals surface area contributed by atoms with Crippen molar-refractivity contribution >= 4 is 59.1 Å². The summed E-state index contributed by atoms with van der Waals surface area (Å²) in [4.78, 5) is 74.4. The number of alkyl halides is 1. The molecule has 226 valence electrons. The number of hydrogen-bond acceptors (Lipinski definition) is 13. The summed E-state index contributed by atoms with van der Waals surface area (Å²) >= 11 is 7.89. The van der Waals surface area contributed by atoms with Gasteiger partial charge in [-0.1, -0.05) is 29.8 Å². The molecule has 1 fully saturated rings. The fourth-order valence-electron chi connectivity index (χ4n) is 4.17. The Hall–Kier alpha value is -3.36. The van der Waals surface area contributed by atoms with E-state index in [0.717, 1.165) is 46.6 Å². The number of rotatable bonds is 11. The number of methoxy groups -OCH3 is 1. The van der Waals surface area contributed by atoms with Crippen molar-refractivity contribution < 1.29 is 57.2 Å². The van der Waals surface area contributed by atoms with Crippen LogP contribution in [0, 0.1) is 0 Å². The first kappa shape index (κ1) is 33.8. The van der Waals surface area contributed by atoms with Crippen LogP contribution in [-0.2, 0) is 57.2 Å². The predicted octanol–water partition coefficient (Wildman–Crippen LogP) is 1.52. The van der Waals surface area contributed by atoms with E-state index in [0.29, 0.717) is 4.90 Å². The van der Waals surface area contributed by atoms with Crippen LogP contribution in [0.25, 0.3) is 0 Å². The quantitative estimate of drug-likeness (QED) is 0.215. The van der Waals surface area contributed by atoms with Crippen molar-refractivity contribution in [3.8, 4) is 0 Å². The molecule has 7 atom stereocenters. The zero-order chi connectivity index (χ0) is 30.9. The minimum Gasteiger partial charge on any atom is -0.466 e. The van der Waals surface area contributed by atoms with Gasteiger partial charge in [-0.2, -0.15) is 0 Å². The molecule has 1 saturated heterocycles. The smallest absolute Gasteiger partial charge is 0.355 e. The van der Waals surface area contributed by atoms with Crippen molar-refractivity contribution in [1.82, 2.24) is 5.32 Å². The van der Waals surface area contributed by atoms with Gasteiger partial charge >= 0.3 is 29.8 Å². The number of esters is 5. The van der Waals surface area contributed by atoms with Crippen LogP contribution >= 0.6 is 23.4 Å². The van der Waals surface area contributed by atoms with Gasteiger partial charge in [0.15, 0.2) is 12.2 Å². The molecule has 1 aliphatic rings. The van der Waals surface area contributed by atoms with Gasteiger partial charge in [-0.15, -0.1) is 11.8 Å². The third-order valence-corrected chi connectivity index (χ3v) is 7.59. The van der Waals surface area contributed by atoms with E-state index in [2.05, 4.69) is 5.32 Å². The summed E-state index contributed by atoms with van der Waals surface area (Å²) in [6.45, 7) is 4.89. The van der Waals surface area contributed by atoms with Gasteiger partial charge in [0.1, 0.15) is 24.1 Å². The van der Waals surface area contributed by atoms with Crippen molar-refractivity contribution in [2.45, 2.75) is 80.3 Å². The Labute approximate surface area is 245 Å². The van der Waals surface area contributed by atoms with Crippen molar-refractivity contribution in [3.63, 3.8) is 0 Å². The number of halogens is 1. The highest BCUT2D eigenvalue weighted by molar-refractivity contribution is 8.00. The molecule has 0 aliphatic carbocycles. The highest BCUT2D eigenvalue weighted by Crippen LogP contribution is 2.46. The average molecular weight is 618 g/mol. The summed E-state index contributed by atoms with van der Waals surface area (Å²) in [5, 5.41) is -1.03. The molecule has 2 rings (SSSR count).